The SMILES string of the molecule is CC(C)S(=O)(=O)Cc1ccc(CCc2cc(F)c(C(F)(F)F)c(F)c2)cc1. The van der Waals surface area contributed by atoms with Gasteiger partial charge in [0.1, 0.15) is 17.2 Å². The van der Waals surface area contributed by atoms with Gasteiger partial charge in [-0.15, -0.1) is 0 Å². The van der Waals surface area contributed by atoms with E-state index in [0.29, 0.717) is 24.1 Å². The molecule has 0 heterocycles. The molecule has 2 rings (SSSR count). The van der Waals surface area contributed by atoms with Crippen molar-refractivity contribution in [3.63, 3.8) is 0 Å². The predicted molar refractivity (Wildman–Crippen MR) is 93.0 cm³/mol. The van der Waals surface area contributed by atoms with Crippen LogP contribution in [-0.2, 0) is 34.6 Å². The van der Waals surface area contributed by atoms with Gasteiger partial charge >= 0.3 is 6.18 Å². The molecule has 0 radical (unpaired) electrons. The van der Waals surface area contributed by atoms with Crippen molar-refractivity contribution >= 4 is 9.84 Å². The fraction of sp³-hybridized carbons (Fsp3) is 0.368. The lowest BCUT2D eigenvalue weighted by Crippen LogP contribution is -2.15. The van der Waals surface area contributed by atoms with Crippen molar-refractivity contribution in [3.8, 4) is 0 Å². The van der Waals surface area contributed by atoms with E-state index in [9.17, 15) is 30.4 Å². The average molecular weight is 406 g/mol. The van der Waals surface area contributed by atoms with Gasteiger partial charge in [0.2, 0.25) is 0 Å². The molecule has 8 heteroatoms. The van der Waals surface area contributed by atoms with Gasteiger partial charge in [0.25, 0.3) is 0 Å². The zero-order chi connectivity index (χ0) is 20.4. The van der Waals surface area contributed by atoms with Crippen molar-refractivity contribution in [3.05, 3.63) is 70.3 Å². The Kier molecular flexibility index (Phi) is 6.29. The van der Waals surface area contributed by atoms with E-state index in [1.165, 1.54) is 0 Å². The summed E-state index contributed by atoms with van der Waals surface area (Å²) < 4.78 is 88.7. The van der Waals surface area contributed by atoms with E-state index in [1.807, 2.05) is 0 Å². The second-order valence-corrected chi connectivity index (χ2v) is 9.16. The number of alkyl halides is 3. The summed E-state index contributed by atoms with van der Waals surface area (Å²) in [4.78, 5) is 0. The Balaban J connectivity index is 2.07. The summed E-state index contributed by atoms with van der Waals surface area (Å²) in [6.07, 6.45) is -4.59. The van der Waals surface area contributed by atoms with Gasteiger partial charge in [-0.2, -0.15) is 13.2 Å². The largest absolute Gasteiger partial charge is 0.422 e. The maximum absolute atomic E-state index is 13.6. The van der Waals surface area contributed by atoms with E-state index in [-0.39, 0.29) is 17.7 Å². The van der Waals surface area contributed by atoms with Crippen LogP contribution in [0.2, 0.25) is 0 Å². The van der Waals surface area contributed by atoms with E-state index >= 15 is 0 Å². The number of benzene rings is 2. The van der Waals surface area contributed by atoms with E-state index in [2.05, 4.69) is 0 Å². The molecule has 0 amide bonds. The molecule has 0 aliphatic heterocycles. The highest BCUT2D eigenvalue weighted by atomic mass is 32.2. The molecule has 0 aliphatic carbocycles. The molecule has 0 aliphatic rings. The molecule has 2 aromatic rings. The fourth-order valence-electron chi connectivity index (χ4n) is 2.53. The minimum atomic E-state index is -5.08. The van der Waals surface area contributed by atoms with Gasteiger partial charge in [-0.25, -0.2) is 17.2 Å². The molecule has 27 heavy (non-hydrogen) atoms. The minimum Gasteiger partial charge on any atom is -0.228 e. The van der Waals surface area contributed by atoms with Crippen molar-refractivity contribution in [1.82, 2.24) is 0 Å². The number of rotatable bonds is 6. The zero-order valence-corrected chi connectivity index (χ0v) is 15.6. The third-order valence-electron chi connectivity index (χ3n) is 4.20. The van der Waals surface area contributed by atoms with Crippen LogP contribution < -0.4 is 0 Å². The van der Waals surface area contributed by atoms with Crippen molar-refractivity contribution in [1.29, 1.82) is 0 Å². The third-order valence-corrected chi connectivity index (χ3v) is 6.37. The van der Waals surface area contributed by atoms with Gasteiger partial charge in [-0.1, -0.05) is 24.3 Å². The maximum Gasteiger partial charge on any atom is 0.422 e. The minimum absolute atomic E-state index is 0.0831. The quantitative estimate of drug-likeness (QED) is 0.626. The number of hydrogen-bond acceptors (Lipinski definition) is 2. The van der Waals surface area contributed by atoms with Crippen LogP contribution in [0.25, 0.3) is 0 Å². The smallest absolute Gasteiger partial charge is 0.228 e. The number of sulfone groups is 1. The molecule has 0 bridgehead atoms. The topological polar surface area (TPSA) is 34.1 Å². The fourth-order valence-corrected chi connectivity index (χ4v) is 3.52. The Morgan fingerprint density at radius 2 is 1.30 bits per heavy atom. The number of hydrogen-bond donors (Lipinski definition) is 0. The Bertz CT molecular complexity index is 878. The van der Waals surface area contributed by atoms with Crippen LogP contribution in [-0.4, -0.2) is 13.7 Å². The van der Waals surface area contributed by atoms with Gasteiger partial charge in [-0.05, 0) is 55.5 Å². The van der Waals surface area contributed by atoms with E-state index in [0.717, 1.165) is 5.56 Å². The average Bonchev–Trinajstić information content (AvgIpc) is 2.51. The molecule has 2 nitrogen and oxygen atoms in total. The predicted octanol–water partition coefficient (Wildman–Crippen LogP) is 5.09. The molecule has 148 valence electrons. The third kappa shape index (κ3) is 5.51. The molecule has 0 unspecified atom stereocenters. The Labute approximate surface area is 154 Å². The summed E-state index contributed by atoms with van der Waals surface area (Å²) in [6.45, 7) is 3.21. The van der Waals surface area contributed by atoms with Crippen molar-refractivity contribution in [2.75, 3.05) is 0 Å². The standard InChI is InChI=1S/C19H19F5O2S/c1-12(2)27(25,26)11-14-6-3-13(4-7-14)5-8-15-9-16(20)18(17(21)10-15)19(22,23)24/h3-4,6-7,9-10,12H,5,8,11H2,1-2H3. The highest BCUT2D eigenvalue weighted by molar-refractivity contribution is 7.91. The van der Waals surface area contributed by atoms with Gasteiger partial charge in [-0.3, -0.25) is 0 Å². The first kappa shape index (κ1) is 21.3. The summed E-state index contributed by atoms with van der Waals surface area (Å²) in [5.74, 6) is -3.35. The second-order valence-electron chi connectivity index (χ2n) is 6.60. The van der Waals surface area contributed by atoms with Gasteiger partial charge in [0.05, 0.1) is 11.0 Å². The number of halogens is 5. The molecule has 0 N–H and O–H groups in total. The summed E-state index contributed by atoms with van der Waals surface area (Å²) in [6, 6.07) is 8.08. The summed E-state index contributed by atoms with van der Waals surface area (Å²) in [5.41, 5.74) is -0.369. The Morgan fingerprint density at radius 3 is 1.74 bits per heavy atom. The van der Waals surface area contributed by atoms with E-state index in [4.69, 9.17) is 0 Å². The van der Waals surface area contributed by atoms with Gasteiger partial charge in [0.15, 0.2) is 9.84 Å². The van der Waals surface area contributed by atoms with Crippen LogP contribution in [0.5, 0.6) is 0 Å². The first-order valence-corrected chi connectivity index (χ1v) is 9.96. The van der Waals surface area contributed by atoms with Crippen LogP contribution in [0.15, 0.2) is 36.4 Å². The maximum atomic E-state index is 13.6. The molecular weight excluding hydrogens is 387 g/mol. The molecule has 0 atom stereocenters. The van der Waals surface area contributed by atoms with Crippen molar-refractivity contribution < 1.29 is 30.4 Å². The van der Waals surface area contributed by atoms with Gasteiger partial charge < -0.3 is 0 Å². The van der Waals surface area contributed by atoms with Crippen LogP contribution in [0, 0.1) is 11.6 Å². The lowest BCUT2D eigenvalue weighted by molar-refractivity contribution is -0.142. The number of aryl methyl sites for hydroxylation is 2. The molecule has 0 saturated heterocycles. The lowest BCUT2D eigenvalue weighted by atomic mass is 10.0. The molecule has 0 aromatic heterocycles. The summed E-state index contributed by atoms with van der Waals surface area (Å²) in [5, 5.41) is -0.485. The first-order chi connectivity index (χ1) is 12.4. The van der Waals surface area contributed by atoms with Crippen molar-refractivity contribution in [2.24, 2.45) is 0 Å². The molecular formula is C19H19F5O2S. The van der Waals surface area contributed by atoms with Crippen LogP contribution in [0.4, 0.5) is 22.0 Å². The Hall–Kier alpha value is -1.96. The van der Waals surface area contributed by atoms with E-state index in [1.54, 1.807) is 38.1 Å². The highest BCUT2D eigenvalue weighted by Gasteiger charge is 2.37. The Morgan fingerprint density at radius 1 is 0.852 bits per heavy atom. The van der Waals surface area contributed by atoms with Crippen molar-refractivity contribution in [2.45, 2.75) is 43.9 Å². The molecule has 0 fully saturated rings. The highest BCUT2D eigenvalue weighted by Crippen LogP contribution is 2.34. The van der Waals surface area contributed by atoms with Crippen LogP contribution >= 0.6 is 0 Å². The second kappa shape index (κ2) is 7.96. The summed E-state index contributed by atoms with van der Waals surface area (Å²) in [7, 11) is -3.22. The molecule has 0 saturated carbocycles. The summed E-state index contributed by atoms with van der Waals surface area (Å²) >= 11 is 0. The first-order valence-electron chi connectivity index (χ1n) is 8.24. The molecule has 0 spiro atoms. The lowest BCUT2D eigenvalue weighted by Gasteiger charge is -2.11. The zero-order valence-electron chi connectivity index (χ0n) is 14.8. The van der Waals surface area contributed by atoms with E-state index < -0.39 is 38.5 Å². The molecule has 2 aromatic carbocycles. The normalized spacial score (nSPS) is 12.6. The van der Waals surface area contributed by atoms with Crippen LogP contribution in [0.3, 0.4) is 0 Å². The van der Waals surface area contributed by atoms with Crippen LogP contribution in [0.1, 0.15) is 36.1 Å². The monoisotopic (exact) mass is 406 g/mol. The van der Waals surface area contributed by atoms with Gasteiger partial charge in [0, 0.05) is 0 Å².